The number of carboxylic acids is 1. The number of aromatic nitrogens is 3. The van der Waals surface area contributed by atoms with Crippen LogP contribution in [0.3, 0.4) is 0 Å². The predicted molar refractivity (Wildman–Crippen MR) is 138 cm³/mol. The number of anilines is 1. The van der Waals surface area contributed by atoms with Crippen LogP contribution < -0.4 is 5.32 Å². The molecule has 2 heterocycles. The van der Waals surface area contributed by atoms with Crippen LogP contribution in [-0.2, 0) is 0 Å². The molecule has 3 aromatic carbocycles. The second-order valence-corrected chi connectivity index (χ2v) is 8.62. The lowest BCUT2D eigenvalue weighted by molar-refractivity contribution is 0.0698. The number of nitrogens with one attached hydrogen (secondary N) is 1. The fourth-order valence-corrected chi connectivity index (χ4v) is 4.38. The topological polar surface area (TPSA) is 88.0 Å². The van der Waals surface area contributed by atoms with Crippen molar-refractivity contribution in [1.29, 1.82) is 0 Å². The largest absolute Gasteiger partial charge is 0.478 e. The van der Waals surface area contributed by atoms with Crippen molar-refractivity contribution in [2.75, 3.05) is 5.32 Å². The van der Waals surface area contributed by atoms with Crippen molar-refractivity contribution in [1.82, 2.24) is 15.0 Å². The summed E-state index contributed by atoms with van der Waals surface area (Å²) >= 11 is 0. The summed E-state index contributed by atoms with van der Waals surface area (Å²) < 4.78 is 13.7. The summed E-state index contributed by atoms with van der Waals surface area (Å²) in [5, 5.41) is 13.9. The molecule has 5 rings (SSSR count). The lowest BCUT2D eigenvalue weighted by atomic mass is 9.94. The first kappa shape index (κ1) is 23.1. The standard InChI is InChI=1S/C29H23FN4O2/c1-17-13-22(18(2)33-25-6-4-3-5-21(25)29(35)36)24-15-23(19-7-9-20(30)10-8-19)28(34-26(24)14-17)27-16-31-11-12-32-27/h3-16,18,33H,1-2H3,(H,35,36). The molecule has 0 amide bonds. The van der Waals surface area contributed by atoms with Crippen LogP contribution >= 0.6 is 0 Å². The van der Waals surface area contributed by atoms with E-state index in [4.69, 9.17) is 4.98 Å². The van der Waals surface area contributed by atoms with Gasteiger partial charge in [0.25, 0.3) is 0 Å². The molecular formula is C29H23FN4O2. The number of pyridine rings is 1. The molecule has 1 atom stereocenters. The van der Waals surface area contributed by atoms with Gasteiger partial charge in [-0.3, -0.25) is 9.97 Å². The molecule has 0 fully saturated rings. The molecule has 0 radical (unpaired) electrons. The summed E-state index contributed by atoms with van der Waals surface area (Å²) in [6.45, 7) is 3.99. The Morgan fingerprint density at radius 1 is 1.03 bits per heavy atom. The number of hydrogen-bond donors (Lipinski definition) is 2. The van der Waals surface area contributed by atoms with Crippen molar-refractivity contribution in [3.05, 3.63) is 108 Å². The van der Waals surface area contributed by atoms with Crippen LogP contribution in [0.15, 0.2) is 85.3 Å². The highest BCUT2D eigenvalue weighted by molar-refractivity contribution is 5.95. The summed E-state index contributed by atoms with van der Waals surface area (Å²) in [4.78, 5) is 25.4. The first-order valence-corrected chi connectivity index (χ1v) is 11.5. The van der Waals surface area contributed by atoms with Crippen LogP contribution in [0.5, 0.6) is 0 Å². The van der Waals surface area contributed by atoms with Crippen molar-refractivity contribution in [3.63, 3.8) is 0 Å². The lowest BCUT2D eigenvalue weighted by Crippen LogP contribution is -2.11. The number of para-hydroxylation sites is 1. The van der Waals surface area contributed by atoms with E-state index in [0.717, 1.165) is 33.2 Å². The van der Waals surface area contributed by atoms with Crippen LogP contribution in [0.1, 0.15) is 34.5 Å². The van der Waals surface area contributed by atoms with Crippen LogP contribution in [0.4, 0.5) is 10.1 Å². The number of nitrogens with zero attached hydrogens (tertiary/aromatic N) is 3. The number of hydrogen-bond acceptors (Lipinski definition) is 5. The monoisotopic (exact) mass is 478 g/mol. The maximum atomic E-state index is 13.7. The molecule has 6 nitrogen and oxygen atoms in total. The molecule has 0 spiro atoms. The number of benzene rings is 3. The number of aromatic carboxylic acids is 1. The number of aryl methyl sites for hydroxylation is 1. The Balaban J connectivity index is 1.70. The smallest absolute Gasteiger partial charge is 0.337 e. The van der Waals surface area contributed by atoms with Gasteiger partial charge in [0, 0.05) is 35.1 Å². The predicted octanol–water partition coefficient (Wildman–Crippen LogP) is 6.68. The van der Waals surface area contributed by atoms with Gasteiger partial charge in [-0.15, -0.1) is 0 Å². The second-order valence-electron chi connectivity index (χ2n) is 8.62. The number of rotatable bonds is 6. The zero-order valence-corrected chi connectivity index (χ0v) is 19.7. The third kappa shape index (κ3) is 4.51. The van der Waals surface area contributed by atoms with Crippen molar-refractivity contribution in [2.24, 2.45) is 0 Å². The van der Waals surface area contributed by atoms with E-state index < -0.39 is 5.97 Å². The van der Waals surface area contributed by atoms with Crippen molar-refractivity contribution >= 4 is 22.6 Å². The molecule has 0 bridgehead atoms. The average molecular weight is 479 g/mol. The van der Waals surface area contributed by atoms with Gasteiger partial charge in [0.05, 0.1) is 23.0 Å². The summed E-state index contributed by atoms with van der Waals surface area (Å²) in [5.41, 5.74) is 6.36. The Bertz CT molecular complexity index is 1570. The van der Waals surface area contributed by atoms with Crippen LogP contribution in [-0.4, -0.2) is 26.0 Å². The Hall–Kier alpha value is -4.65. The highest BCUT2D eigenvalue weighted by Crippen LogP contribution is 2.36. The van der Waals surface area contributed by atoms with Gasteiger partial charge < -0.3 is 10.4 Å². The van der Waals surface area contributed by atoms with E-state index in [1.807, 2.05) is 26.0 Å². The molecule has 178 valence electrons. The molecule has 0 aliphatic rings. The molecule has 5 aromatic rings. The highest BCUT2D eigenvalue weighted by atomic mass is 19.1. The van der Waals surface area contributed by atoms with Crippen LogP contribution in [0.25, 0.3) is 33.4 Å². The molecule has 7 heteroatoms. The third-order valence-electron chi connectivity index (χ3n) is 6.07. The molecule has 0 saturated carbocycles. The number of carbonyl (C=O) groups is 1. The Morgan fingerprint density at radius 3 is 2.53 bits per heavy atom. The molecular weight excluding hydrogens is 455 g/mol. The minimum atomic E-state index is -0.992. The average Bonchev–Trinajstić information content (AvgIpc) is 2.88. The van der Waals surface area contributed by atoms with E-state index in [1.165, 1.54) is 12.1 Å². The molecule has 2 N–H and O–H groups in total. The van der Waals surface area contributed by atoms with Crippen molar-refractivity contribution < 1.29 is 14.3 Å². The first-order chi connectivity index (χ1) is 17.4. The first-order valence-electron chi connectivity index (χ1n) is 11.5. The highest BCUT2D eigenvalue weighted by Gasteiger charge is 2.19. The number of fused-ring (bicyclic) bond motifs is 1. The van der Waals surface area contributed by atoms with E-state index in [9.17, 15) is 14.3 Å². The summed E-state index contributed by atoms with van der Waals surface area (Å²) in [6, 6.07) is 19.0. The van der Waals surface area contributed by atoms with Gasteiger partial charge in [0.15, 0.2) is 0 Å². The zero-order valence-electron chi connectivity index (χ0n) is 19.7. The van der Waals surface area contributed by atoms with E-state index in [1.54, 1.807) is 55.0 Å². The van der Waals surface area contributed by atoms with E-state index in [0.29, 0.717) is 17.1 Å². The van der Waals surface area contributed by atoms with E-state index in [-0.39, 0.29) is 17.4 Å². The van der Waals surface area contributed by atoms with Gasteiger partial charge in [-0.1, -0.05) is 30.3 Å². The molecule has 0 aliphatic carbocycles. The van der Waals surface area contributed by atoms with Crippen LogP contribution in [0, 0.1) is 12.7 Å². The summed E-state index contributed by atoms with van der Waals surface area (Å²) in [7, 11) is 0. The Kier molecular flexibility index (Phi) is 6.12. The molecule has 0 aliphatic heterocycles. The normalized spacial score (nSPS) is 11.9. The van der Waals surface area contributed by atoms with Gasteiger partial charge in [-0.25, -0.2) is 14.2 Å². The minimum absolute atomic E-state index is 0.205. The van der Waals surface area contributed by atoms with Crippen molar-refractivity contribution in [3.8, 4) is 22.5 Å². The van der Waals surface area contributed by atoms with Gasteiger partial charge in [0.2, 0.25) is 0 Å². The summed E-state index contributed by atoms with van der Waals surface area (Å²) in [5.74, 6) is -1.31. The van der Waals surface area contributed by atoms with Gasteiger partial charge in [-0.2, -0.15) is 0 Å². The van der Waals surface area contributed by atoms with Gasteiger partial charge in [-0.05, 0) is 66.9 Å². The van der Waals surface area contributed by atoms with E-state index >= 15 is 0 Å². The Labute approximate surface area is 207 Å². The van der Waals surface area contributed by atoms with E-state index in [2.05, 4.69) is 21.4 Å². The molecule has 1 unspecified atom stereocenters. The second kappa shape index (κ2) is 9.54. The zero-order chi connectivity index (χ0) is 25.2. The molecule has 2 aromatic heterocycles. The summed E-state index contributed by atoms with van der Waals surface area (Å²) in [6.07, 6.45) is 4.88. The Morgan fingerprint density at radius 2 is 1.81 bits per heavy atom. The quantitative estimate of drug-likeness (QED) is 0.283. The minimum Gasteiger partial charge on any atom is -0.478 e. The van der Waals surface area contributed by atoms with Gasteiger partial charge >= 0.3 is 5.97 Å². The van der Waals surface area contributed by atoms with Crippen molar-refractivity contribution in [2.45, 2.75) is 19.9 Å². The maximum Gasteiger partial charge on any atom is 0.337 e. The van der Waals surface area contributed by atoms with Gasteiger partial charge in [0.1, 0.15) is 11.5 Å². The fraction of sp³-hybridized carbons (Fsp3) is 0.103. The SMILES string of the molecule is Cc1cc(C(C)Nc2ccccc2C(=O)O)c2cc(-c3ccc(F)cc3)c(-c3cnccn3)nc2c1. The fourth-order valence-electron chi connectivity index (χ4n) is 4.38. The maximum absolute atomic E-state index is 13.7. The number of halogens is 1. The number of carboxylic acid groups (broad SMARTS) is 1. The molecule has 0 saturated heterocycles. The van der Waals surface area contributed by atoms with Crippen LogP contribution in [0.2, 0.25) is 0 Å². The lowest BCUT2D eigenvalue weighted by Gasteiger charge is -2.21. The molecule has 36 heavy (non-hydrogen) atoms. The third-order valence-corrected chi connectivity index (χ3v) is 6.07.